The van der Waals surface area contributed by atoms with E-state index in [0.29, 0.717) is 0 Å². The molecule has 214 valence electrons. The highest BCUT2D eigenvalue weighted by molar-refractivity contribution is 7.66. The number of nitrogens with two attached hydrogens (primary N) is 1. The monoisotopic (exact) mass is 616 g/mol. The van der Waals surface area contributed by atoms with Gasteiger partial charge in [0.25, 0.3) is 5.56 Å². The van der Waals surface area contributed by atoms with Gasteiger partial charge in [-0.1, -0.05) is 11.2 Å². The van der Waals surface area contributed by atoms with Crippen LogP contribution in [-0.4, -0.2) is 70.4 Å². The Balaban J connectivity index is 1.80. The largest absolute Gasteiger partial charge is 0.490 e. The molecule has 0 spiro atoms. The fourth-order valence-corrected chi connectivity index (χ4v) is 6.22. The van der Waals surface area contributed by atoms with E-state index in [1.165, 1.54) is 17.0 Å². The van der Waals surface area contributed by atoms with Crippen LogP contribution >= 0.6 is 23.5 Å². The third kappa shape index (κ3) is 8.77. The van der Waals surface area contributed by atoms with Crippen molar-refractivity contribution in [1.82, 2.24) is 19.5 Å². The summed E-state index contributed by atoms with van der Waals surface area (Å²) in [5.41, 5.74) is 13.1. The molecule has 0 aliphatic carbocycles. The topological polar surface area (TPSA) is 334 Å². The quantitative estimate of drug-likeness (QED) is 0.0460. The van der Waals surface area contributed by atoms with E-state index < -0.39 is 60.0 Å². The fourth-order valence-electron chi connectivity index (χ4n) is 3.19. The molecule has 3 heterocycles. The van der Waals surface area contributed by atoms with Gasteiger partial charge in [-0.3, -0.25) is 18.9 Å². The van der Waals surface area contributed by atoms with Crippen LogP contribution in [0, 0.1) is 0 Å². The molecule has 1 aliphatic heterocycles. The lowest BCUT2D eigenvalue weighted by atomic mass is 10.2. The molecule has 0 amide bonds. The van der Waals surface area contributed by atoms with E-state index in [0.717, 1.165) is 6.08 Å². The summed E-state index contributed by atoms with van der Waals surface area (Å²) in [6.45, 7) is -1.11. The summed E-state index contributed by atoms with van der Waals surface area (Å²) in [5, 5.41) is 3.20. The number of esters is 1. The number of carbonyl (C=O) groups is 1. The van der Waals surface area contributed by atoms with E-state index >= 15 is 0 Å². The molecule has 2 aromatic heterocycles. The van der Waals surface area contributed by atoms with Crippen LogP contribution in [0.2, 0.25) is 0 Å². The molecule has 1 saturated heterocycles. The standard InChI is InChI=1S/C14H19N8O14P3/c15-14-19-12-11(13(24)20-14)17-6-22(12)9-4-7(34-10(23)2-1-3-18-21-16)8(33-9)5-32-38(28,29)36-39(30,31)35-37(25,26)27/h1-2,6-9H,3-5H2,(H,28,29)(H,30,31)(H2,25,26,27)(H3,15,19,20,24)/b2-1+/t7?,8-,9-/m1/s1. The minimum absolute atomic E-state index is 0.0193. The predicted molar refractivity (Wildman–Crippen MR) is 124 cm³/mol. The van der Waals surface area contributed by atoms with Crippen LogP contribution in [0.3, 0.4) is 0 Å². The molecule has 5 atom stereocenters. The van der Waals surface area contributed by atoms with Gasteiger partial charge < -0.3 is 34.8 Å². The summed E-state index contributed by atoms with van der Waals surface area (Å²) < 4.78 is 58.6. The molecular weight excluding hydrogens is 597 g/mol. The van der Waals surface area contributed by atoms with E-state index in [1.807, 2.05) is 0 Å². The first-order valence-corrected chi connectivity index (χ1v) is 14.7. The number of carbonyl (C=O) groups excluding carboxylic acids is 1. The van der Waals surface area contributed by atoms with Gasteiger partial charge in [0.1, 0.15) is 18.4 Å². The Morgan fingerprint density at radius 2 is 2.03 bits per heavy atom. The Morgan fingerprint density at radius 1 is 1.31 bits per heavy atom. The van der Waals surface area contributed by atoms with Crippen molar-refractivity contribution in [3.63, 3.8) is 0 Å². The number of aromatic nitrogens is 4. The highest BCUT2D eigenvalue weighted by atomic mass is 31.3. The second kappa shape index (κ2) is 12.1. The molecule has 0 bridgehead atoms. The summed E-state index contributed by atoms with van der Waals surface area (Å²) in [7, 11) is -16.9. The number of imidazole rings is 1. The molecular formula is C14H19N8O14P3. The molecule has 0 saturated carbocycles. The Labute approximate surface area is 215 Å². The van der Waals surface area contributed by atoms with Crippen molar-refractivity contribution in [1.29, 1.82) is 0 Å². The molecule has 39 heavy (non-hydrogen) atoms. The van der Waals surface area contributed by atoms with Gasteiger partial charge in [-0.05, 0) is 5.53 Å². The number of nitrogen functional groups attached to an aromatic ring is 1. The third-order valence-electron chi connectivity index (χ3n) is 4.53. The number of hydrogen-bond acceptors (Lipinski definition) is 14. The second-order valence-electron chi connectivity index (χ2n) is 7.32. The van der Waals surface area contributed by atoms with Gasteiger partial charge in [-0.25, -0.2) is 23.5 Å². The Hall–Kier alpha value is -2.96. The van der Waals surface area contributed by atoms with Gasteiger partial charge in [0.2, 0.25) is 5.95 Å². The minimum atomic E-state index is -5.78. The average Bonchev–Trinajstić information content (AvgIpc) is 3.37. The number of rotatable bonds is 12. The molecule has 1 aliphatic rings. The third-order valence-corrected chi connectivity index (χ3v) is 8.33. The van der Waals surface area contributed by atoms with Crippen molar-refractivity contribution >= 4 is 46.5 Å². The Bertz CT molecular complexity index is 1510. The maximum atomic E-state index is 12.2. The van der Waals surface area contributed by atoms with Crippen LogP contribution in [0.1, 0.15) is 12.6 Å². The van der Waals surface area contributed by atoms with E-state index in [9.17, 15) is 33.1 Å². The number of aromatic amines is 1. The van der Waals surface area contributed by atoms with Gasteiger partial charge >= 0.3 is 29.4 Å². The summed E-state index contributed by atoms with van der Waals surface area (Å²) in [4.78, 5) is 73.2. The number of anilines is 1. The summed E-state index contributed by atoms with van der Waals surface area (Å²) >= 11 is 0. The Kier molecular flexibility index (Phi) is 9.45. The van der Waals surface area contributed by atoms with Crippen molar-refractivity contribution in [2.24, 2.45) is 5.11 Å². The average molecular weight is 616 g/mol. The first-order chi connectivity index (χ1) is 18.1. The fraction of sp³-hybridized carbons (Fsp3) is 0.429. The molecule has 3 unspecified atom stereocenters. The molecule has 22 nitrogen and oxygen atoms in total. The maximum Gasteiger partial charge on any atom is 0.490 e. The molecule has 1 fully saturated rings. The number of H-pyrrole nitrogens is 1. The molecule has 2 aromatic rings. The number of fused-ring (bicyclic) bond motifs is 1. The van der Waals surface area contributed by atoms with Gasteiger partial charge in [0.05, 0.1) is 12.9 Å². The van der Waals surface area contributed by atoms with Gasteiger partial charge in [0.15, 0.2) is 11.2 Å². The van der Waals surface area contributed by atoms with Crippen LogP contribution in [-0.2, 0) is 41.1 Å². The lowest BCUT2D eigenvalue weighted by molar-refractivity contribution is -0.146. The first kappa shape index (κ1) is 30.6. The number of ether oxygens (including phenoxy) is 2. The SMILES string of the molecule is [N-]=[N+]=NC/C=C/C(=O)OC1C[C@H](n2cnc3c(=O)[nH]c(N)nc32)O[C@@H]1COP(=O)(O)OP(=O)(O)OP(=O)(O)O. The zero-order valence-electron chi connectivity index (χ0n) is 19.1. The molecule has 7 N–H and O–H groups in total. The van der Waals surface area contributed by atoms with Crippen molar-refractivity contribution in [2.45, 2.75) is 24.9 Å². The summed E-state index contributed by atoms with van der Waals surface area (Å²) in [5.74, 6) is -1.19. The maximum absolute atomic E-state index is 12.2. The van der Waals surface area contributed by atoms with E-state index in [2.05, 4.69) is 38.1 Å². The lowest BCUT2D eigenvalue weighted by Gasteiger charge is -2.20. The number of hydrogen-bond donors (Lipinski definition) is 6. The van der Waals surface area contributed by atoms with Crippen molar-refractivity contribution in [3.8, 4) is 0 Å². The van der Waals surface area contributed by atoms with Crippen molar-refractivity contribution in [2.75, 3.05) is 18.9 Å². The zero-order chi connectivity index (χ0) is 29.0. The van der Waals surface area contributed by atoms with Gasteiger partial charge in [0, 0.05) is 24.0 Å². The highest BCUT2D eigenvalue weighted by Gasteiger charge is 2.44. The molecule has 3 rings (SSSR count). The number of nitrogens with one attached hydrogen (secondary N) is 1. The van der Waals surface area contributed by atoms with Crippen molar-refractivity contribution in [3.05, 3.63) is 39.3 Å². The van der Waals surface area contributed by atoms with Crippen molar-refractivity contribution < 1.29 is 60.7 Å². The smallest absolute Gasteiger partial charge is 0.456 e. The lowest BCUT2D eigenvalue weighted by Crippen LogP contribution is -2.30. The van der Waals surface area contributed by atoms with Crippen LogP contribution in [0.15, 0.2) is 28.4 Å². The van der Waals surface area contributed by atoms with Crippen LogP contribution in [0.5, 0.6) is 0 Å². The van der Waals surface area contributed by atoms with E-state index in [4.69, 9.17) is 30.5 Å². The normalized spacial score (nSPS) is 22.8. The number of phosphoric ester groups is 1. The number of azide groups is 1. The Morgan fingerprint density at radius 3 is 2.69 bits per heavy atom. The van der Waals surface area contributed by atoms with Crippen LogP contribution in [0.4, 0.5) is 5.95 Å². The number of nitrogens with zero attached hydrogens (tertiary/aromatic N) is 6. The molecule has 0 radical (unpaired) electrons. The second-order valence-corrected chi connectivity index (χ2v) is 11.7. The number of phosphoric acid groups is 3. The minimum Gasteiger partial charge on any atom is -0.456 e. The molecule has 25 heteroatoms. The predicted octanol–water partition coefficient (Wildman–Crippen LogP) is 0.111. The van der Waals surface area contributed by atoms with E-state index in [1.54, 1.807) is 0 Å². The summed E-state index contributed by atoms with van der Waals surface area (Å²) in [6.07, 6.45) is -0.556. The highest BCUT2D eigenvalue weighted by Crippen LogP contribution is 2.66. The zero-order valence-corrected chi connectivity index (χ0v) is 21.7. The van der Waals surface area contributed by atoms with Crippen LogP contribution in [0.25, 0.3) is 21.6 Å². The molecule has 0 aromatic carbocycles. The summed E-state index contributed by atoms with van der Waals surface area (Å²) in [6, 6.07) is 0. The van der Waals surface area contributed by atoms with E-state index in [-0.39, 0.29) is 30.1 Å². The first-order valence-electron chi connectivity index (χ1n) is 10.1. The van der Waals surface area contributed by atoms with Gasteiger partial charge in [-0.15, -0.1) is 0 Å². The van der Waals surface area contributed by atoms with Gasteiger partial charge in [-0.2, -0.15) is 13.6 Å². The van der Waals surface area contributed by atoms with Crippen LogP contribution < -0.4 is 11.3 Å².